The number of aromatic amines is 1. The van der Waals surface area contributed by atoms with Gasteiger partial charge in [0.1, 0.15) is 10.7 Å². The molecule has 2 aromatic heterocycles. The van der Waals surface area contributed by atoms with E-state index in [0.717, 1.165) is 47.0 Å². The second-order valence-corrected chi connectivity index (χ2v) is 7.45. The molecular weight excluding hydrogens is 344 g/mol. The van der Waals surface area contributed by atoms with E-state index in [1.807, 2.05) is 44.2 Å². The Labute approximate surface area is 157 Å². The average Bonchev–Trinajstić information content (AvgIpc) is 3.27. The van der Waals surface area contributed by atoms with Crippen LogP contribution in [0.5, 0.6) is 0 Å². The molecule has 0 fully saturated rings. The summed E-state index contributed by atoms with van der Waals surface area (Å²) < 4.78 is 0. The number of hydrogen-bond donors (Lipinski definition) is 2. The number of unbranched alkanes of at least 4 members (excludes halogenated alkanes) is 1. The summed E-state index contributed by atoms with van der Waals surface area (Å²) in [5.41, 5.74) is 2.82. The predicted molar refractivity (Wildman–Crippen MR) is 105 cm³/mol. The fraction of sp³-hybridized carbons (Fsp3) is 0.350. The number of amides is 1. The fourth-order valence-corrected chi connectivity index (χ4v) is 3.76. The lowest BCUT2D eigenvalue weighted by molar-refractivity contribution is 0.0941. The van der Waals surface area contributed by atoms with E-state index in [4.69, 9.17) is 0 Å². The van der Waals surface area contributed by atoms with Gasteiger partial charge in [0, 0.05) is 0 Å². The van der Waals surface area contributed by atoms with Crippen molar-refractivity contribution in [3.63, 3.8) is 0 Å². The molecule has 0 bridgehead atoms. The number of carbonyl (C=O) groups is 1. The molecule has 1 aromatic carbocycles. The molecule has 26 heavy (non-hydrogen) atoms. The van der Waals surface area contributed by atoms with Crippen LogP contribution >= 0.6 is 11.3 Å². The SMILES string of the molecule is CCCCc1nc(C)c(C(=O)N[C@@H](C)c2ncc(-c3ccccc3)[nH]2)s1. The Hall–Kier alpha value is -2.47. The Bertz CT molecular complexity index is 869. The molecule has 136 valence electrons. The quantitative estimate of drug-likeness (QED) is 0.636. The highest BCUT2D eigenvalue weighted by Crippen LogP contribution is 2.22. The summed E-state index contributed by atoms with van der Waals surface area (Å²) in [4.78, 5) is 25.6. The number of benzene rings is 1. The number of aromatic nitrogens is 3. The maximum Gasteiger partial charge on any atom is 0.263 e. The summed E-state index contributed by atoms with van der Waals surface area (Å²) >= 11 is 1.49. The number of aryl methyl sites for hydroxylation is 2. The molecule has 3 rings (SSSR count). The number of H-pyrrole nitrogens is 1. The molecule has 5 nitrogen and oxygen atoms in total. The van der Waals surface area contributed by atoms with Gasteiger partial charge in [0.15, 0.2) is 0 Å². The van der Waals surface area contributed by atoms with Crippen LogP contribution in [0.15, 0.2) is 36.5 Å². The Morgan fingerprint density at radius 3 is 2.81 bits per heavy atom. The largest absolute Gasteiger partial charge is 0.342 e. The first-order chi connectivity index (χ1) is 12.6. The molecule has 2 heterocycles. The van der Waals surface area contributed by atoms with Crippen LogP contribution in [-0.2, 0) is 6.42 Å². The highest BCUT2D eigenvalue weighted by atomic mass is 32.1. The highest BCUT2D eigenvalue weighted by Gasteiger charge is 2.19. The van der Waals surface area contributed by atoms with Gasteiger partial charge in [-0.05, 0) is 32.3 Å². The lowest BCUT2D eigenvalue weighted by Crippen LogP contribution is -2.27. The van der Waals surface area contributed by atoms with E-state index in [-0.39, 0.29) is 11.9 Å². The predicted octanol–water partition coefficient (Wildman–Crippen LogP) is 4.68. The van der Waals surface area contributed by atoms with Crippen molar-refractivity contribution < 1.29 is 4.79 Å². The monoisotopic (exact) mass is 368 g/mol. The van der Waals surface area contributed by atoms with Gasteiger partial charge in [-0.1, -0.05) is 43.7 Å². The minimum Gasteiger partial charge on any atom is -0.342 e. The maximum absolute atomic E-state index is 12.6. The van der Waals surface area contributed by atoms with E-state index in [0.29, 0.717) is 4.88 Å². The summed E-state index contributed by atoms with van der Waals surface area (Å²) in [5.74, 6) is 0.651. The summed E-state index contributed by atoms with van der Waals surface area (Å²) in [6.07, 6.45) is 4.95. The van der Waals surface area contributed by atoms with Crippen molar-refractivity contribution in [2.45, 2.75) is 46.1 Å². The number of imidazole rings is 1. The lowest BCUT2D eigenvalue weighted by Gasteiger charge is -2.10. The van der Waals surface area contributed by atoms with Crippen molar-refractivity contribution in [1.82, 2.24) is 20.3 Å². The van der Waals surface area contributed by atoms with Gasteiger partial charge >= 0.3 is 0 Å². The molecule has 2 N–H and O–H groups in total. The van der Waals surface area contributed by atoms with E-state index in [1.165, 1.54) is 11.3 Å². The molecule has 0 radical (unpaired) electrons. The summed E-state index contributed by atoms with van der Waals surface area (Å²) in [6.45, 7) is 5.98. The first kappa shape index (κ1) is 18.3. The molecule has 0 saturated carbocycles. The maximum atomic E-state index is 12.6. The van der Waals surface area contributed by atoms with E-state index in [1.54, 1.807) is 6.20 Å². The second kappa shape index (κ2) is 8.27. The minimum atomic E-state index is -0.208. The molecule has 0 aliphatic rings. The van der Waals surface area contributed by atoms with Crippen molar-refractivity contribution in [3.05, 3.63) is 57.9 Å². The van der Waals surface area contributed by atoms with Crippen molar-refractivity contribution in [2.24, 2.45) is 0 Å². The smallest absolute Gasteiger partial charge is 0.263 e. The topological polar surface area (TPSA) is 70.7 Å². The van der Waals surface area contributed by atoms with E-state index < -0.39 is 0 Å². The zero-order chi connectivity index (χ0) is 18.5. The van der Waals surface area contributed by atoms with E-state index in [2.05, 4.69) is 27.2 Å². The van der Waals surface area contributed by atoms with E-state index in [9.17, 15) is 4.79 Å². The summed E-state index contributed by atoms with van der Waals surface area (Å²) in [7, 11) is 0. The van der Waals surface area contributed by atoms with Crippen LogP contribution < -0.4 is 5.32 Å². The van der Waals surface area contributed by atoms with Gasteiger partial charge in [-0.3, -0.25) is 4.79 Å². The number of nitrogens with one attached hydrogen (secondary N) is 2. The van der Waals surface area contributed by atoms with Crippen LogP contribution in [0.4, 0.5) is 0 Å². The Morgan fingerprint density at radius 2 is 2.08 bits per heavy atom. The Morgan fingerprint density at radius 1 is 1.31 bits per heavy atom. The lowest BCUT2D eigenvalue weighted by atomic mass is 10.2. The fourth-order valence-electron chi connectivity index (χ4n) is 2.75. The van der Waals surface area contributed by atoms with Crippen LogP contribution in [0, 0.1) is 6.92 Å². The molecule has 1 amide bonds. The molecule has 3 aromatic rings. The van der Waals surface area contributed by atoms with Gasteiger partial charge in [-0.25, -0.2) is 9.97 Å². The van der Waals surface area contributed by atoms with Gasteiger partial charge < -0.3 is 10.3 Å². The summed E-state index contributed by atoms with van der Waals surface area (Å²) in [6, 6.07) is 9.81. The summed E-state index contributed by atoms with van der Waals surface area (Å²) in [5, 5.41) is 4.06. The van der Waals surface area contributed by atoms with Gasteiger partial charge in [0.2, 0.25) is 0 Å². The average molecular weight is 369 g/mol. The van der Waals surface area contributed by atoms with Crippen LogP contribution in [-0.4, -0.2) is 20.9 Å². The third-order valence-electron chi connectivity index (χ3n) is 4.23. The van der Waals surface area contributed by atoms with Crippen LogP contribution in [0.3, 0.4) is 0 Å². The molecule has 0 saturated heterocycles. The number of rotatable bonds is 7. The standard InChI is InChI=1S/C20H24N4OS/c1-4-5-11-17-22-13(2)18(26-17)20(25)23-14(3)19-21-12-16(24-19)15-9-7-6-8-10-15/h6-10,12,14H,4-5,11H2,1-3H3,(H,21,24)(H,23,25)/t14-/m0/s1. The van der Waals surface area contributed by atoms with E-state index >= 15 is 0 Å². The van der Waals surface area contributed by atoms with Crippen LogP contribution in [0.1, 0.15) is 58.9 Å². The van der Waals surface area contributed by atoms with Crippen molar-refractivity contribution in [3.8, 4) is 11.3 Å². The minimum absolute atomic E-state index is 0.0899. The molecule has 0 aliphatic carbocycles. The first-order valence-corrected chi connectivity index (χ1v) is 9.77. The molecule has 0 unspecified atom stereocenters. The van der Waals surface area contributed by atoms with Gasteiger partial charge in [0.05, 0.1) is 28.6 Å². The normalized spacial score (nSPS) is 12.1. The van der Waals surface area contributed by atoms with Crippen LogP contribution in [0.2, 0.25) is 0 Å². The van der Waals surface area contributed by atoms with Crippen molar-refractivity contribution in [2.75, 3.05) is 0 Å². The third-order valence-corrected chi connectivity index (χ3v) is 5.45. The molecule has 1 atom stereocenters. The third kappa shape index (κ3) is 4.19. The Balaban J connectivity index is 1.68. The van der Waals surface area contributed by atoms with Crippen molar-refractivity contribution in [1.29, 1.82) is 0 Å². The van der Waals surface area contributed by atoms with Gasteiger partial charge in [-0.2, -0.15) is 0 Å². The Kier molecular flexibility index (Phi) is 5.83. The van der Waals surface area contributed by atoms with Gasteiger partial charge in [-0.15, -0.1) is 11.3 Å². The van der Waals surface area contributed by atoms with Crippen molar-refractivity contribution >= 4 is 17.2 Å². The first-order valence-electron chi connectivity index (χ1n) is 8.96. The number of nitrogens with zero attached hydrogens (tertiary/aromatic N) is 2. The number of thiazole rings is 1. The van der Waals surface area contributed by atoms with Crippen LogP contribution in [0.25, 0.3) is 11.3 Å². The zero-order valence-corrected chi connectivity index (χ0v) is 16.2. The van der Waals surface area contributed by atoms with Gasteiger partial charge in [0.25, 0.3) is 5.91 Å². The highest BCUT2D eigenvalue weighted by molar-refractivity contribution is 7.13. The molecule has 0 spiro atoms. The number of hydrogen-bond acceptors (Lipinski definition) is 4. The number of carbonyl (C=O) groups excluding carboxylic acids is 1. The molecule has 6 heteroatoms. The molecular formula is C20H24N4OS. The second-order valence-electron chi connectivity index (χ2n) is 6.37. The zero-order valence-electron chi connectivity index (χ0n) is 15.4. The molecule has 0 aliphatic heterocycles.